The fraction of sp³-hybridized carbons (Fsp3) is 0. The maximum absolute atomic E-state index is 11.3. The SMILES string of the molecule is Nc1nc(N)c(C(=O)NS(N)(=O)=O)nc1Cl. The van der Waals surface area contributed by atoms with Crippen LogP contribution in [0, 0.1) is 0 Å². The molecule has 0 aliphatic carbocycles. The fourth-order valence-electron chi connectivity index (χ4n) is 0.786. The van der Waals surface area contributed by atoms with E-state index in [1.165, 1.54) is 4.72 Å². The molecule has 0 aliphatic rings. The summed E-state index contributed by atoms with van der Waals surface area (Å²) in [7, 11) is -4.21. The van der Waals surface area contributed by atoms with Gasteiger partial charge in [0.2, 0.25) is 0 Å². The van der Waals surface area contributed by atoms with Gasteiger partial charge in [-0.25, -0.2) is 19.8 Å². The van der Waals surface area contributed by atoms with Gasteiger partial charge >= 0.3 is 0 Å². The third-order valence-electron chi connectivity index (χ3n) is 1.35. The molecule has 0 aliphatic heterocycles. The highest BCUT2D eigenvalue weighted by atomic mass is 35.5. The number of nitrogen functional groups attached to an aromatic ring is 2. The van der Waals surface area contributed by atoms with Crippen molar-refractivity contribution in [2.45, 2.75) is 0 Å². The molecule has 0 bridgehead atoms. The number of hydrogen-bond donors (Lipinski definition) is 4. The second kappa shape index (κ2) is 4.08. The van der Waals surface area contributed by atoms with E-state index in [0.717, 1.165) is 0 Å². The maximum atomic E-state index is 11.3. The standard InChI is InChI=1S/C5H7ClN6O3S/c6-2-4(8)11-3(7)1(10-2)5(13)12-16(9,14)15/h(H,12,13)(H4,7,8,11)(H2,9,14,15). The van der Waals surface area contributed by atoms with Crippen molar-refractivity contribution < 1.29 is 13.2 Å². The number of nitrogens with zero attached hydrogens (tertiary/aromatic N) is 2. The molecular formula is C5H7ClN6O3S. The normalized spacial score (nSPS) is 11.1. The molecule has 1 rings (SSSR count). The van der Waals surface area contributed by atoms with Crippen LogP contribution in [0.25, 0.3) is 0 Å². The van der Waals surface area contributed by atoms with Crippen LogP contribution in [0.1, 0.15) is 10.5 Å². The molecule has 88 valence electrons. The Hall–Kier alpha value is -1.65. The van der Waals surface area contributed by atoms with Crippen LogP contribution in [-0.2, 0) is 10.2 Å². The number of hydrogen-bond acceptors (Lipinski definition) is 7. The summed E-state index contributed by atoms with van der Waals surface area (Å²) in [5.74, 6) is -1.68. The molecule has 0 radical (unpaired) electrons. The average Bonchev–Trinajstić information content (AvgIpc) is 2.08. The molecule has 0 aromatic carbocycles. The van der Waals surface area contributed by atoms with Gasteiger partial charge in [0, 0.05) is 0 Å². The summed E-state index contributed by atoms with van der Waals surface area (Å²) in [5, 5.41) is 4.32. The number of amides is 1. The molecule has 1 aromatic rings. The first-order chi connectivity index (χ1) is 7.20. The van der Waals surface area contributed by atoms with Gasteiger partial charge in [-0.15, -0.1) is 0 Å². The molecule has 16 heavy (non-hydrogen) atoms. The molecule has 1 aromatic heterocycles. The summed E-state index contributed by atoms with van der Waals surface area (Å²) in [6.07, 6.45) is 0. The Balaban J connectivity index is 3.15. The minimum absolute atomic E-state index is 0.175. The minimum atomic E-state index is -4.21. The molecule has 0 saturated heterocycles. The molecule has 1 heterocycles. The zero-order valence-corrected chi connectivity index (χ0v) is 9.21. The quantitative estimate of drug-likeness (QED) is 0.491. The number of rotatable bonds is 2. The molecule has 7 N–H and O–H groups in total. The Morgan fingerprint density at radius 1 is 1.25 bits per heavy atom. The van der Waals surface area contributed by atoms with Crippen LogP contribution in [0.4, 0.5) is 11.6 Å². The van der Waals surface area contributed by atoms with Crippen molar-refractivity contribution in [2.24, 2.45) is 5.14 Å². The molecule has 0 saturated carbocycles. The van der Waals surface area contributed by atoms with Gasteiger partial charge in [0.05, 0.1) is 0 Å². The van der Waals surface area contributed by atoms with E-state index in [1.807, 2.05) is 0 Å². The number of nitrogens with one attached hydrogen (secondary N) is 1. The predicted octanol–water partition coefficient (Wildman–Crippen LogP) is -1.77. The van der Waals surface area contributed by atoms with E-state index in [-0.39, 0.29) is 16.8 Å². The van der Waals surface area contributed by atoms with Gasteiger partial charge in [0.25, 0.3) is 16.1 Å². The Kier molecular flexibility index (Phi) is 3.16. The summed E-state index contributed by atoms with van der Waals surface area (Å²) in [5.41, 5.74) is 10.1. The monoisotopic (exact) mass is 266 g/mol. The largest absolute Gasteiger partial charge is 0.382 e. The van der Waals surface area contributed by atoms with Crippen LogP contribution >= 0.6 is 11.6 Å². The number of aromatic nitrogens is 2. The lowest BCUT2D eigenvalue weighted by atomic mass is 10.4. The number of anilines is 2. The smallest absolute Gasteiger partial charge is 0.299 e. The Bertz CT molecular complexity index is 543. The van der Waals surface area contributed by atoms with Crippen LogP contribution in [0.5, 0.6) is 0 Å². The fourth-order valence-corrected chi connectivity index (χ4v) is 1.27. The molecule has 11 heteroatoms. The number of carbonyl (C=O) groups excluding carboxylic acids is 1. The summed E-state index contributed by atoms with van der Waals surface area (Å²) in [6.45, 7) is 0. The highest BCUT2D eigenvalue weighted by molar-refractivity contribution is 7.87. The van der Waals surface area contributed by atoms with Gasteiger partial charge in [-0.2, -0.15) is 8.42 Å². The Labute approximate surface area is 95.2 Å². The number of halogens is 1. The second-order valence-electron chi connectivity index (χ2n) is 2.61. The summed E-state index contributed by atoms with van der Waals surface area (Å²) in [4.78, 5) is 18.3. The van der Waals surface area contributed by atoms with E-state index in [0.29, 0.717) is 0 Å². The number of nitrogens with two attached hydrogens (primary N) is 3. The van der Waals surface area contributed by atoms with Gasteiger partial charge in [-0.3, -0.25) is 4.79 Å². The van der Waals surface area contributed by atoms with Crippen LogP contribution in [0.15, 0.2) is 0 Å². The topological polar surface area (TPSA) is 167 Å². The molecule has 9 nitrogen and oxygen atoms in total. The van der Waals surface area contributed by atoms with Gasteiger partial charge in [-0.05, 0) is 0 Å². The van der Waals surface area contributed by atoms with Crippen molar-refractivity contribution in [3.63, 3.8) is 0 Å². The molecule has 0 spiro atoms. The van der Waals surface area contributed by atoms with Crippen LogP contribution < -0.4 is 21.3 Å². The van der Waals surface area contributed by atoms with Crippen molar-refractivity contribution in [1.82, 2.24) is 14.7 Å². The van der Waals surface area contributed by atoms with E-state index in [2.05, 4.69) is 15.1 Å². The summed E-state index contributed by atoms with van der Waals surface area (Å²) in [6, 6.07) is 0. The van der Waals surface area contributed by atoms with Gasteiger partial charge in [-0.1, -0.05) is 11.6 Å². The maximum Gasteiger partial charge on any atom is 0.299 e. The predicted molar refractivity (Wildman–Crippen MR) is 56.4 cm³/mol. The molecule has 0 atom stereocenters. The molecule has 0 unspecified atom stereocenters. The zero-order valence-electron chi connectivity index (χ0n) is 7.64. The van der Waals surface area contributed by atoms with E-state index >= 15 is 0 Å². The lowest BCUT2D eigenvalue weighted by Gasteiger charge is -2.05. The van der Waals surface area contributed by atoms with Gasteiger partial charge in [0.15, 0.2) is 22.5 Å². The first-order valence-corrected chi connectivity index (χ1v) is 5.56. The van der Waals surface area contributed by atoms with E-state index in [1.54, 1.807) is 0 Å². The Morgan fingerprint density at radius 3 is 2.31 bits per heavy atom. The first kappa shape index (κ1) is 12.4. The molecule has 0 fully saturated rings. The zero-order chi connectivity index (χ0) is 12.5. The van der Waals surface area contributed by atoms with Crippen molar-refractivity contribution in [3.8, 4) is 0 Å². The average molecular weight is 267 g/mol. The molecule has 1 amide bonds. The highest BCUT2D eigenvalue weighted by Crippen LogP contribution is 2.17. The summed E-state index contributed by atoms with van der Waals surface area (Å²) < 4.78 is 22.6. The third-order valence-corrected chi connectivity index (χ3v) is 2.10. The van der Waals surface area contributed by atoms with Gasteiger partial charge in [0.1, 0.15) is 0 Å². The van der Waals surface area contributed by atoms with E-state index < -0.39 is 21.8 Å². The molecular weight excluding hydrogens is 260 g/mol. The van der Waals surface area contributed by atoms with Crippen molar-refractivity contribution >= 4 is 39.4 Å². The van der Waals surface area contributed by atoms with Crippen LogP contribution in [-0.4, -0.2) is 24.3 Å². The van der Waals surface area contributed by atoms with Crippen LogP contribution in [0.3, 0.4) is 0 Å². The third kappa shape index (κ3) is 2.92. The van der Waals surface area contributed by atoms with Crippen molar-refractivity contribution in [3.05, 3.63) is 10.8 Å². The minimum Gasteiger partial charge on any atom is -0.382 e. The van der Waals surface area contributed by atoms with Crippen molar-refractivity contribution in [2.75, 3.05) is 11.5 Å². The van der Waals surface area contributed by atoms with Crippen molar-refractivity contribution in [1.29, 1.82) is 0 Å². The highest BCUT2D eigenvalue weighted by Gasteiger charge is 2.18. The van der Waals surface area contributed by atoms with Gasteiger partial charge < -0.3 is 11.5 Å². The summed E-state index contributed by atoms with van der Waals surface area (Å²) >= 11 is 5.49. The number of carbonyl (C=O) groups is 1. The van der Waals surface area contributed by atoms with E-state index in [4.69, 9.17) is 23.1 Å². The second-order valence-corrected chi connectivity index (χ2v) is 4.26. The lowest BCUT2D eigenvalue weighted by Crippen LogP contribution is -2.37. The Morgan fingerprint density at radius 2 is 1.81 bits per heavy atom. The van der Waals surface area contributed by atoms with E-state index in [9.17, 15) is 13.2 Å². The lowest BCUT2D eigenvalue weighted by molar-refractivity contribution is 0.0977. The first-order valence-electron chi connectivity index (χ1n) is 3.64. The van der Waals surface area contributed by atoms with Crippen LogP contribution in [0.2, 0.25) is 5.15 Å².